The number of fused-ring (bicyclic) bond motifs is 1. The Morgan fingerprint density at radius 1 is 1.20 bits per heavy atom. The molecule has 2 aromatic rings. The molecule has 0 saturated carbocycles. The number of H-pyrrole nitrogens is 2. The molecule has 2 N–H and O–H groups in total. The molecule has 0 aliphatic rings. The van der Waals surface area contributed by atoms with Crippen LogP contribution in [-0.2, 0) is 6.42 Å². The zero-order valence-electron chi connectivity index (χ0n) is 8.06. The highest BCUT2D eigenvalue weighted by Crippen LogP contribution is 2.19. The van der Waals surface area contributed by atoms with Gasteiger partial charge in [-0.05, 0) is 24.1 Å². The summed E-state index contributed by atoms with van der Waals surface area (Å²) >= 11 is 5.88. The first-order chi connectivity index (χ1) is 7.11. The van der Waals surface area contributed by atoms with Crippen LogP contribution in [0.4, 0.5) is 0 Å². The van der Waals surface area contributed by atoms with Crippen molar-refractivity contribution in [3.05, 3.63) is 43.4 Å². The summed E-state index contributed by atoms with van der Waals surface area (Å²) in [6.07, 6.45) is 0.735. The third-order valence-corrected chi connectivity index (χ3v) is 2.48. The van der Waals surface area contributed by atoms with E-state index < -0.39 is 11.1 Å². The van der Waals surface area contributed by atoms with E-state index in [1.165, 1.54) is 0 Å². The third kappa shape index (κ3) is 1.68. The van der Waals surface area contributed by atoms with Crippen LogP contribution in [0.2, 0.25) is 5.02 Å². The second-order valence-corrected chi connectivity index (χ2v) is 3.69. The molecule has 0 spiro atoms. The zero-order chi connectivity index (χ0) is 11.0. The second-order valence-electron chi connectivity index (χ2n) is 3.25. The molecule has 0 unspecified atom stereocenters. The van der Waals surface area contributed by atoms with E-state index in [1.54, 1.807) is 12.1 Å². The van der Waals surface area contributed by atoms with Crippen LogP contribution in [0.15, 0.2) is 21.7 Å². The molecule has 0 aliphatic carbocycles. The summed E-state index contributed by atoms with van der Waals surface area (Å²) < 4.78 is 0. The minimum atomic E-state index is -0.660. The predicted molar refractivity (Wildman–Crippen MR) is 59.6 cm³/mol. The molecule has 0 amide bonds. The van der Waals surface area contributed by atoms with Crippen LogP contribution in [-0.4, -0.2) is 9.97 Å². The van der Waals surface area contributed by atoms with Crippen molar-refractivity contribution < 1.29 is 0 Å². The molecule has 15 heavy (non-hydrogen) atoms. The fourth-order valence-corrected chi connectivity index (χ4v) is 1.78. The van der Waals surface area contributed by atoms with Gasteiger partial charge in [0.05, 0.1) is 11.0 Å². The molecule has 5 heteroatoms. The highest BCUT2D eigenvalue weighted by atomic mass is 35.5. The summed E-state index contributed by atoms with van der Waals surface area (Å²) in [6, 6.07) is 3.39. The summed E-state index contributed by atoms with van der Waals surface area (Å²) in [5.41, 5.74) is 0.813. The quantitative estimate of drug-likeness (QED) is 0.720. The van der Waals surface area contributed by atoms with Gasteiger partial charge in [-0.1, -0.05) is 18.5 Å². The number of hydrogen-bond acceptors (Lipinski definition) is 2. The van der Waals surface area contributed by atoms with E-state index in [0.717, 1.165) is 12.0 Å². The maximum Gasteiger partial charge on any atom is 0.314 e. The van der Waals surface area contributed by atoms with Crippen molar-refractivity contribution in [3.8, 4) is 0 Å². The molecular weight excluding hydrogens is 216 g/mol. The minimum Gasteiger partial charge on any atom is -0.316 e. The lowest BCUT2D eigenvalue weighted by Crippen LogP contribution is -2.29. The van der Waals surface area contributed by atoms with Crippen LogP contribution in [0, 0.1) is 0 Å². The number of benzene rings is 1. The van der Waals surface area contributed by atoms with Gasteiger partial charge in [-0.15, -0.1) is 0 Å². The van der Waals surface area contributed by atoms with Crippen molar-refractivity contribution in [2.45, 2.75) is 13.3 Å². The van der Waals surface area contributed by atoms with Gasteiger partial charge in [0, 0.05) is 5.02 Å². The van der Waals surface area contributed by atoms with Gasteiger partial charge in [0.25, 0.3) is 0 Å². The molecular formula is C10H9ClN2O2. The van der Waals surface area contributed by atoms with Crippen LogP contribution >= 0.6 is 11.6 Å². The molecule has 0 fully saturated rings. The lowest BCUT2D eigenvalue weighted by Gasteiger charge is -2.04. The maximum absolute atomic E-state index is 11.2. The molecule has 0 radical (unpaired) electrons. The molecule has 78 valence electrons. The fourth-order valence-electron chi connectivity index (χ4n) is 1.54. The Bertz CT molecular complexity index is 627. The van der Waals surface area contributed by atoms with Crippen molar-refractivity contribution in [2.75, 3.05) is 0 Å². The van der Waals surface area contributed by atoms with Crippen LogP contribution in [0.25, 0.3) is 11.0 Å². The Morgan fingerprint density at radius 2 is 1.87 bits per heavy atom. The van der Waals surface area contributed by atoms with Crippen LogP contribution in [0.3, 0.4) is 0 Å². The number of hydrogen-bond donors (Lipinski definition) is 2. The van der Waals surface area contributed by atoms with Gasteiger partial charge in [-0.2, -0.15) is 0 Å². The molecule has 1 aromatic heterocycles. The molecule has 2 rings (SSSR count). The predicted octanol–water partition coefficient (Wildman–Crippen LogP) is 1.43. The van der Waals surface area contributed by atoms with E-state index in [1.807, 2.05) is 6.92 Å². The smallest absolute Gasteiger partial charge is 0.314 e. The van der Waals surface area contributed by atoms with E-state index in [0.29, 0.717) is 16.1 Å². The van der Waals surface area contributed by atoms with Gasteiger partial charge >= 0.3 is 11.1 Å². The Kier molecular flexibility index (Phi) is 2.36. The van der Waals surface area contributed by atoms with E-state index in [9.17, 15) is 9.59 Å². The highest BCUT2D eigenvalue weighted by molar-refractivity contribution is 6.31. The van der Waals surface area contributed by atoms with E-state index in [-0.39, 0.29) is 0 Å². The van der Waals surface area contributed by atoms with Crippen molar-refractivity contribution in [2.24, 2.45) is 0 Å². The first kappa shape index (κ1) is 9.98. The average molecular weight is 225 g/mol. The Balaban J connectivity index is 2.97. The van der Waals surface area contributed by atoms with E-state index in [4.69, 9.17) is 11.6 Å². The van der Waals surface area contributed by atoms with Crippen molar-refractivity contribution in [1.29, 1.82) is 0 Å². The largest absolute Gasteiger partial charge is 0.316 e. The maximum atomic E-state index is 11.2. The number of aromatic nitrogens is 2. The first-order valence-electron chi connectivity index (χ1n) is 4.56. The van der Waals surface area contributed by atoms with Gasteiger partial charge in [0.15, 0.2) is 0 Å². The summed E-state index contributed by atoms with van der Waals surface area (Å²) in [4.78, 5) is 27.3. The number of nitrogens with one attached hydrogen (secondary N) is 2. The zero-order valence-corrected chi connectivity index (χ0v) is 8.81. The number of halogens is 1. The normalized spacial score (nSPS) is 10.8. The lowest BCUT2D eigenvalue weighted by atomic mass is 10.1. The van der Waals surface area contributed by atoms with E-state index in [2.05, 4.69) is 9.97 Å². The summed E-state index contributed by atoms with van der Waals surface area (Å²) in [7, 11) is 0. The second kappa shape index (κ2) is 3.55. The van der Waals surface area contributed by atoms with Gasteiger partial charge in [0.1, 0.15) is 0 Å². The number of aromatic amines is 2. The van der Waals surface area contributed by atoms with Gasteiger partial charge < -0.3 is 9.97 Å². The third-order valence-electron chi connectivity index (χ3n) is 2.26. The Hall–Kier alpha value is -1.55. The fraction of sp³-hybridized carbons (Fsp3) is 0.200. The molecule has 0 atom stereocenters. The molecule has 0 bridgehead atoms. The summed E-state index contributed by atoms with van der Waals surface area (Å²) in [5.74, 6) is 0. The first-order valence-corrected chi connectivity index (χ1v) is 4.94. The van der Waals surface area contributed by atoms with Crippen LogP contribution < -0.4 is 11.1 Å². The van der Waals surface area contributed by atoms with Gasteiger partial charge in [-0.25, -0.2) is 0 Å². The van der Waals surface area contributed by atoms with Crippen molar-refractivity contribution in [1.82, 2.24) is 9.97 Å². The number of rotatable bonds is 1. The van der Waals surface area contributed by atoms with Crippen molar-refractivity contribution in [3.63, 3.8) is 0 Å². The van der Waals surface area contributed by atoms with Gasteiger partial charge in [-0.3, -0.25) is 9.59 Å². The molecule has 0 aliphatic heterocycles. The standard InChI is InChI=1S/C10H9ClN2O2/c1-2-5-3-6(11)4-7-8(5)13-10(15)9(14)12-7/h3-4H,2H2,1H3,(H,12,14)(H,13,15). The summed E-state index contributed by atoms with van der Waals surface area (Å²) in [5, 5.41) is 0.544. The summed E-state index contributed by atoms with van der Waals surface area (Å²) in [6.45, 7) is 1.95. The molecule has 1 aromatic carbocycles. The molecule has 4 nitrogen and oxygen atoms in total. The van der Waals surface area contributed by atoms with Crippen molar-refractivity contribution >= 4 is 22.6 Å². The Labute approximate surface area is 89.9 Å². The SMILES string of the molecule is CCc1cc(Cl)cc2[nH]c(=O)c(=O)[nH]c12. The molecule has 1 heterocycles. The topological polar surface area (TPSA) is 65.7 Å². The Morgan fingerprint density at radius 3 is 2.53 bits per heavy atom. The van der Waals surface area contributed by atoms with Crippen LogP contribution in [0.1, 0.15) is 12.5 Å². The highest BCUT2D eigenvalue weighted by Gasteiger charge is 2.05. The van der Waals surface area contributed by atoms with E-state index >= 15 is 0 Å². The lowest BCUT2D eigenvalue weighted by molar-refractivity contribution is 1.10. The molecule has 0 saturated heterocycles. The van der Waals surface area contributed by atoms with Gasteiger partial charge in [0.2, 0.25) is 0 Å². The monoisotopic (exact) mass is 224 g/mol. The van der Waals surface area contributed by atoms with Crippen LogP contribution in [0.5, 0.6) is 0 Å². The average Bonchev–Trinajstić information content (AvgIpc) is 2.19. The minimum absolute atomic E-state index is 0.544. The number of aryl methyl sites for hydroxylation is 1.